The minimum atomic E-state index is 0.508. The first kappa shape index (κ1) is 8.26. The molecule has 0 aromatic carbocycles. The molecule has 2 heterocycles. The lowest BCUT2D eigenvalue weighted by Gasteiger charge is -2.09. The third-order valence-corrected chi connectivity index (χ3v) is 2.69. The van der Waals surface area contributed by atoms with E-state index in [1.54, 1.807) is 0 Å². The Morgan fingerprint density at radius 3 is 3.08 bits per heavy atom. The molecule has 1 unspecified atom stereocenters. The molecule has 1 N–H and O–H groups in total. The van der Waals surface area contributed by atoms with Crippen LogP contribution in [0.25, 0.3) is 0 Å². The van der Waals surface area contributed by atoms with E-state index < -0.39 is 0 Å². The fraction of sp³-hybridized carbons (Fsp3) is 0.625. The molecule has 0 saturated carbocycles. The summed E-state index contributed by atoms with van der Waals surface area (Å²) in [5.74, 6) is 0. The maximum Gasteiger partial charge on any atom is 0.128 e. The van der Waals surface area contributed by atoms with Crippen LogP contribution in [0.15, 0.2) is 10.7 Å². The molecule has 2 rings (SSSR count). The van der Waals surface area contributed by atoms with E-state index >= 15 is 0 Å². The van der Waals surface area contributed by atoms with Crippen LogP contribution in [0.5, 0.6) is 0 Å². The van der Waals surface area contributed by atoms with Gasteiger partial charge in [-0.05, 0) is 41.4 Å². The maximum absolute atomic E-state index is 4.25. The van der Waals surface area contributed by atoms with Gasteiger partial charge in [0.05, 0.1) is 5.69 Å². The molecule has 0 bridgehead atoms. The van der Waals surface area contributed by atoms with Gasteiger partial charge in [-0.25, -0.2) is 0 Å². The Morgan fingerprint density at radius 1 is 1.75 bits per heavy atom. The van der Waals surface area contributed by atoms with Crippen LogP contribution in [0.2, 0.25) is 0 Å². The summed E-state index contributed by atoms with van der Waals surface area (Å²) < 4.78 is 2.86. The van der Waals surface area contributed by atoms with Crippen molar-refractivity contribution in [1.29, 1.82) is 0 Å². The monoisotopic (exact) mass is 229 g/mol. The molecule has 3 nitrogen and oxygen atoms in total. The lowest BCUT2D eigenvalue weighted by atomic mass is 10.2. The van der Waals surface area contributed by atoms with Crippen molar-refractivity contribution in [3.8, 4) is 0 Å². The van der Waals surface area contributed by atoms with Crippen LogP contribution in [-0.4, -0.2) is 16.3 Å². The van der Waals surface area contributed by atoms with Crippen LogP contribution in [-0.2, 0) is 7.05 Å². The van der Waals surface area contributed by atoms with Crippen molar-refractivity contribution in [1.82, 2.24) is 15.1 Å². The fourth-order valence-electron chi connectivity index (χ4n) is 1.71. The van der Waals surface area contributed by atoms with E-state index in [4.69, 9.17) is 0 Å². The van der Waals surface area contributed by atoms with Crippen LogP contribution in [0, 0.1) is 0 Å². The van der Waals surface area contributed by atoms with E-state index in [1.807, 2.05) is 11.7 Å². The number of halogens is 1. The average Bonchev–Trinajstić information content (AvgIpc) is 2.58. The second kappa shape index (κ2) is 3.18. The molecule has 0 amide bonds. The number of hydrogen-bond acceptors (Lipinski definition) is 2. The lowest BCUT2D eigenvalue weighted by Crippen LogP contribution is -2.16. The van der Waals surface area contributed by atoms with Gasteiger partial charge in [0, 0.05) is 13.1 Å². The molecule has 1 saturated heterocycles. The van der Waals surface area contributed by atoms with Gasteiger partial charge in [-0.15, -0.1) is 0 Å². The van der Waals surface area contributed by atoms with Gasteiger partial charge in [0.25, 0.3) is 0 Å². The van der Waals surface area contributed by atoms with Crippen LogP contribution in [0.1, 0.15) is 24.6 Å². The zero-order valence-corrected chi connectivity index (χ0v) is 8.63. The highest BCUT2D eigenvalue weighted by atomic mass is 79.9. The van der Waals surface area contributed by atoms with Gasteiger partial charge in [0.1, 0.15) is 4.60 Å². The summed E-state index contributed by atoms with van der Waals surface area (Å²) in [6, 6.07) is 2.59. The van der Waals surface area contributed by atoms with E-state index in [9.17, 15) is 0 Å². The summed E-state index contributed by atoms with van der Waals surface area (Å²) in [6.45, 7) is 1.13. The van der Waals surface area contributed by atoms with Gasteiger partial charge in [-0.2, -0.15) is 5.10 Å². The third kappa shape index (κ3) is 1.41. The van der Waals surface area contributed by atoms with E-state index in [2.05, 4.69) is 32.4 Å². The van der Waals surface area contributed by atoms with E-state index in [0.717, 1.165) is 11.1 Å². The predicted molar refractivity (Wildman–Crippen MR) is 50.9 cm³/mol. The molecule has 0 radical (unpaired) electrons. The van der Waals surface area contributed by atoms with Crippen LogP contribution < -0.4 is 5.32 Å². The molecule has 4 heteroatoms. The van der Waals surface area contributed by atoms with Gasteiger partial charge >= 0.3 is 0 Å². The Labute approximate surface area is 80.3 Å². The summed E-state index contributed by atoms with van der Waals surface area (Å²) in [5, 5.41) is 7.69. The minimum absolute atomic E-state index is 0.508. The molecular weight excluding hydrogens is 218 g/mol. The Morgan fingerprint density at radius 2 is 2.58 bits per heavy atom. The van der Waals surface area contributed by atoms with Crippen molar-refractivity contribution < 1.29 is 0 Å². The molecule has 1 aliphatic heterocycles. The quantitative estimate of drug-likeness (QED) is 0.794. The smallest absolute Gasteiger partial charge is 0.128 e. The van der Waals surface area contributed by atoms with Crippen LogP contribution >= 0.6 is 15.9 Å². The van der Waals surface area contributed by atoms with Gasteiger partial charge in [0.15, 0.2) is 0 Å². The molecule has 0 spiro atoms. The molecule has 1 aliphatic rings. The first-order chi connectivity index (χ1) is 5.77. The summed E-state index contributed by atoms with van der Waals surface area (Å²) >= 11 is 3.37. The topological polar surface area (TPSA) is 29.9 Å². The Bertz CT molecular complexity index is 276. The van der Waals surface area contributed by atoms with Crippen molar-refractivity contribution >= 4 is 15.9 Å². The van der Waals surface area contributed by atoms with Crippen molar-refractivity contribution in [3.05, 3.63) is 16.4 Å². The molecule has 1 aromatic heterocycles. The summed E-state index contributed by atoms with van der Waals surface area (Å²) in [5.41, 5.74) is 1.28. The van der Waals surface area contributed by atoms with Crippen LogP contribution in [0.3, 0.4) is 0 Å². The average molecular weight is 230 g/mol. The SMILES string of the molecule is Cn1nc(Br)cc1C1CCCN1. The standard InChI is InChI=1S/C8H12BrN3/c1-12-7(5-8(9)11-12)6-3-2-4-10-6/h5-6,10H,2-4H2,1H3. The minimum Gasteiger partial charge on any atom is -0.309 e. The number of hydrogen-bond donors (Lipinski definition) is 1. The Balaban J connectivity index is 2.25. The molecule has 66 valence electrons. The highest BCUT2D eigenvalue weighted by Crippen LogP contribution is 2.24. The lowest BCUT2D eigenvalue weighted by molar-refractivity contribution is 0.573. The number of aromatic nitrogens is 2. The molecule has 1 aromatic rings. The van der Waals surface area contributed by atoms with Gasteiger partial charge < -0.3 is 5.32 Å². The number of rotatable bonds is 1. The first-order valence-corrected chi connectivity index (χ1v) is 4.99. The van der Waals surface area contributed by atoms with Gasteiger partial charge in [-0.3, -0.25) is 4.68 Å². The highest BCUT2D eigenvalue weighted by Gasteiger charge is 2.19. The van der Waals surface area contributed by atoms with Crippen molar-refractivity contribution in [3.63, 3.8) is 0 Å². The largest absolute Gasteiger partial charge is 0.309 e. The van der Waals surface area contributed by atoms with Crippen LogP contribution in [0.4, 0.5) is 0 Å². The van der Waals surface area contributed by atoms with E-state index in [1.165, 1.54) is 18.5 Å². The molecular formula is C8H12BrN3. The zero-order chi connectivity index (χ0) is 8.55. The number of nitrogens with zero attached hydrogens (tertiary/aromatic N) is 2. The highest BCUT2D eigenvalue weighted by molar-refractivity contribution is 9.10. The first-order valence-electron chi connectivity index (χ1n) is 4.20. The van der Waals surface area contributed by atoms with Crippen molar-refractivity contribution in [2.75, 3.05) is 6.54 Å². The van der Waals surface area contributed by atoms with E-state index in [0.29, 0.717) is 6.04 Å². The summed E-state index contributed by atoms with van der Waals surface area (Å²) in [4.78, 5) is 0. The Hall–Kier alpha value is -0.350. The fourth-order valence-corrected chi connectivity index (χ4v) is 2.18. The number of aryl methyl sites for hydroxylation is 1. The second-order valence-corrected chi connectivity index (χ2v) is 3.98. The van der Waals surface area contributed by atoms with Crippen molar-refractivity contribution in [2.45, 2.75) is 18.9 Å². The normalized spacial score (nSPS) is 23.3. The zero-order valence-electron chi connectivity index (χ0n) is 7.05. The van der Waals surface area contributed by atoms with Crippen molar-refractivity contribution in [2.24, 2.45) is 7.05 Å². The van der Waals surface area contributed by atoms with Gasteiger partial charge in [0.2, 0.25) is 0 Å². The molecule has 1 atom stereocenters. The summed E-state index contributed by atoms with van der Waals surface area (Å²) in [7, 11) is 1.99. The molecule has 0 aliphatic carbocycles. The third-order valence-electron chi connectivity index (χ3n) is 2.30. The maximum atomic E-state index is 4.25. The summed E-state index contributed by atoms with van der Waals surface area (Å²) in [6.07, 6.45) is 2.50. The molecule has 1 fully saturated rings. The van der Waals surface area contributed by atoms with Gasteiger partial charge in [-0.1, -0.05) is 0 Å². The predicted octanol–water partition coefficient (Wildman–Crippen LogP) is 1.61. The molecule has 12 heavy (non-hydrogen) atoms. The van der Waals surface area contributed by atoms with E-state index in [-0.39, 0.29) is 0 Å². The second-order valence-electron chi connectivity index (χ2n) is 3.16. The Kier molecular flexibility index (Phi) is 2.19. The number of nitrogens with one attached hydrogen (secondary N) is 1.